The van der Waals surface area contributed by atoms with Crippen molar-refractivity contribution < 1.29 is 28.7 Å². The van der Waals surface area contributed by atoms with Crippen LogP contribution in [0.5, 0.6) is 5.75 Å². The van der Waals surface area contributed by atoms with E-state index in [4.69, 9.17) is 14.2 Å². The molecule has 0 bridgehead atoms. The molecule has 2 aromatic carbocycles. The monoisotopic (exact) mass is 437 g/mol. The Morgan fingerprint density at radius 1 is 1.09 bits per heavy atom. The van der Waals surface area contributed by atoms with Crippen molar-refractivity contribution in [1.29, 1.82) is 0 Å². The molecule has 1 fully saturated rings. The number of hydrogen-bond donors (Lipinski definition) is 0. The van der Waals surface area contributed by atoms with E-state index in [1.54, 1.807) is 0 Å². The average Bonchev–Trinajstić information content (AvgIpc) is 2.75. The van der Waals surface area contributed by atoms with E-state index in [2.05, 4.69) is 0 Å². The van der Waals surface area contributed by atoms with Gasteiger partial charge in [0.05, 0.1) is 16.4 Å². The predicted octanol–water partition coefficient (Wildman–Crippen LogP) is 4.43. The number of nitro groups is 1. The van der Waals surface area contributed by atoms with Crippen LogP contribution >= 0.6 is 0 Å². The summed E-state index contributed by atoms with van der Waals surface area (Å²) in [5.41, 5.74) is 2.22. The standard InChI is InChI=1S/C24H23NO7/c1-14-9-15(2)11-19(10-14)31-22-13-30-21-12-18(7-8-20(21)23(22)26)32-24(27)16-3-5-17(6-4-16)25(28)29/h3-6,9-11,13,18,20-21H,7-8,12H2,1-2H3. The Labute approximate surface area is 184 Å². The summed E-state index contributed by atoms with van der Waals surface area (Å²) in [5.74, 6) is -0.247. The third kappa shape index (κ3) is 4.64. The molecule has 3 atom stereocenters. The molecule has 1 saturated carbocycles. The fourth-order valence-electron chi connectivity index (χ4n) is 4.17. The molecular formula is C24H23NO7. The Bertz CT molecular complexity index is 1070. The van der Waals surface area contributed by atoms with Crippen LogP contribution in [0.2, 0.25) is 0 Å². The van der Waals surface area contributed by atoms with Crippen LogP contribution in [0.4, 0.5) is 5.69 Å². The number of nitrogens with zero attached hydrogens (tertiary/aromatic N) is 1. The van der Waals surface area contributed by atoms with Crippen LogP contribution in [-0.4, -0.2) is 28.9 Å². The summed E-state index contributed by atoms with van der Waals surface area (Å²) in [6, 6.07) is 11.0. The number of benzene rings is 2. The van der Waals surface area contributed by atoms with Crippen LogP contribution in [0.3, 0.4) is 0 Å². The molecule has 2 aromatic rings. The number of rotatable bonds is 5. The Morgan fingerprint density at radius 3 is 2.44 bits per heavy atom. The van der Waals surface area contributed by atoms with Crippen molar-refractivity contribution in [3.8, 4) is 5.75 Å². The van der Waals surface area contributed by atoms with Gasteiger partial charge in [-0.05, 0) is 62.1 Å². The molecule has 3 unspecified atom stereocenters. The number of fused-ring (bicyclic) bond motifs is 1. The van der Waals surface area contributed by atoms with Gasteiger partial charge >= 0.3 is 5.97 Å². The van der Waals surface area contributed by atoms with E-state index >= 15 is 0 Å². The maximum absolute atomic E-state index is 12.9. The second-order valence-corrected chi connectivity index (χ2v) is 8.20. The molecule has 0 amide bonds. The van der Waals surface area contributed by atoms with Crippen LogP contribution in [-0.2, 0) is 14.3 Å². The Kier molecular flexibility index (Phi) is 5.94. The maximum Gasteiger partial charge on any atom is 0.338 e. The average molecular weight is 437 g/mol. The molecule has 1 aliphatic heterocycles. The fraction of sp³-hybridized carbons (Fsp3) is 0.333. The number of nitro benzene ring substituents is 1. The lowest BCUT2D eigenvalue weighted by Crippen LogP contribution is -2.43. The predicted molar refractivity (Wildman–Crippen MR) is 114 cm³/mol. The third-order valence-electron chi connectivity index (χ3n) is 5.68. The van der Waals surface area contributed by atoms with Gasteiger partial charge in [-0.3, -0.25) is 14.9 Å². The van der Waals surface area contributed by atoms with Gasteiger partial charge in [-0.15, -0.1) is 0 Å². The van der Waals surface area contributed by atoms with Crippen molar-refractivity contribution in [3.05, 3.63) is 81.3 Å². The topological polar surface area (TPSA) is 105 Å². The molecule has 2 aliphatic rings. The van der Waals surface area contributed by atoms with E-state index in [9.17, 15) is 19.7 Å². The number of hydrogen-bond acceptors (Lipinski definition) is 7. The summed E-state index contributed by atoms with van der Waals surface area (Å²) >= 11 is 0. The first-order valence-electron chi connectivity index (χ1n) is 10.4. The van der Waals surface area contributed by atoms with Crippen molar-refractivity contribution in [3.63, 3.8) is 0 Å². The minimum absolute atomic E-state index is 0.0955. The van der Waals surface area contributed by atoms with Crippen molar-refractivity contribution in [2.45, 2.75) is 45.3 Å². The number of allylic oxidation sites excluding steroid dienone is 1. The lowest BCUT2D eigenvalue weighted by molar-refractivity contribution is -0.384. The quantitative estimate of drug-likeness (QED) is 0.387. The highest BCUT2D eigenvalue weighted by Gasteiger charge is 2.42. The van der Waals surface area contributed by atoms with Crippen LogP contribution in [0.1, 0.15) is 40.7 Å². The van der Waals surface area contributed by atoms with Crippen molar-refractivity contribution in [2.24, 2.45) is 5.92 Å². The first kappa shape index (κ1) is 21.5. The van der Waals surface area contributed by atoms with Crippen LogP contribution < -0.4 is 4.74 Å². The normalized spacial score (nSPS) is 22.2. The molecule has 1 heterocycles. The first-order chi connectivity index (χ1) is 15.3. The highest BCUT2D eigenvalue weighted by molar-refractivity contribution is 5.96. The molecule has 0 spiro atoms. The maximum atomic E-state index is 12.9. The van der Waals surface area contributed by atoms with Gasteiger partial charge in [0.15, 0.2) is 0 Å². The number of carbonyl (C=O) groups excluding carboxylic acids is 2. The molecular weight excluding hydrogens is 414 g/mol. The lowest BCUT2D eigenvalue weighted by atomic mass is 9.80. The number of non-ortho nitro benzene ring substituents is 1. The molecule has 32 heavy (non-hydrogen) atoms. The number of Topliss-reactive ketones (excluding diaryl/α,β-unsaturated/α-hetero) is 1. The smallest absolute Gasteiger partial charge is 0.338 e. The molecule has 0 aromatic heterocycles. The van der Waals surface area contributed by atoms with Crippen LogP contribution in [0, 0.1) is 29.9 Å². The summed E-state index contributed by atoms with van der Waals surface area (Å²) in [5, 5.41) is 10.7. The summed E-state index contributed by atoms with van der Waals surface area (Å²) in [7, 11) is 0. The fourth-order valence-corrected chi connectivity index (χ4v) is 4.17. The highest BCUT2D eigenvalue weighted by Crippen LogP contribution is 2.35. The van der Waals surface area contributed by atoms with Gasteiger partial charge in [-0.1, -0.05) is 6.07 Å². The van der Waals surface area contributed by atoms with E-state index in [1.807, 2.05) is 32.0 Å². The van der Waals surface area contributed by atoms with E-state index in [1.165, 1.54) is 30.5 Å². The van der Waals surface area contributed by atoms with Gasteiger partial charge in [0.2, 0.25) is 11.5 Å². The zero-order valence-corrected chi connectivity index (χ0v) is 17.8. The molecule has 1 aliphatic carbocycles. The number of aryl methyl sites for hydroxylation is 2. The van der Waals surface area contributed by atoms with Gasteiger partial charge in [0.1, 0.15) is 24.2 Å². The Morgan fingerprint density at radius 2 is 1.78 bits per heavy atom. The highest BCUT2D eigenvalue weighted by atomic mass is 16.6. The number of carbonyl (C=O) groups is 2. The van der Waals surface area contributed by atoms with Crippen LogP contribution in [0.25, 0.3) is 0 Å². The van der Waals surface area contributed by atoms with E-state index < -0.39 is 23.1 Å². The van der Waals surface area contributed by atoms with Crippen molar-refractivity contribution in [1.82, 2.24) is 0 Å². The van der Waals surface area contributed by atoms with E-state index in [0.29, 0.717) is 25.0 Å². The summed E-state index contributed by atoms with van der Waals surface area (Å²) in [6.07, 6.45) is 1.98. The second-order valence-electron chi connectivity index (χ2n) is 8.20. The summed E-state index contributed by atoms with van der Waals surface area (Å²) in [6.45, 7) is 3.92. The largest absolute Gasteiger partial charge is 0.493 e. The molecule has 166 valence electrons. The van der Waals surface area contributed by atoms with Gasteiger partial charge in [-0.25, -0.2) is 4.79 Å². The van der Waals surface area contributed by atoms with Gasteiger partial charge in [-0.2, -0.15) is 0 Å². The third-order valence-corrected chi connectivity index (χ3v) is 5.68. The van der Waals surface area contributed by atoms with E-state index in [-0.39, 0.29) is 28.7 Å². The van der Waals surface area contributed by atoms with Crippen LogP contribution in [0.15, 0.2) is 54.5 Å². The van der Waals surface area contributed by atoms with E-state index in [0.717, 1.165) is 11.1 Å². The summed E-state index contributed by atoms with van der Waals surface area (Å²) < 4.78 is 17.1. The van der Waals surface area contributed by atoms with Gasteiger partial charge in [0.25, 0.3) is 5.69 Å². The molecule has 0 N–H and O–H groups in total. The number of ether oxygens (including phenoxy) is 3. The second kappa shape index (κ2) is 8.82. The molecule has 4 rings (SSSR count). The van der Waals surface area contributed by atoms with Gasteiger partial charge < -0.3 is 14.2 Å². The molecule has 0 radical (unpaired) electrons. The lowest BCUT2D eigenvalue weighted by Gasteiger charge is -2.36. The Balaban J connectivity index is 1.38. The zero-order chi connectivity index (χ0) is 22.8. The number of esters is 1. The molecule has 0 saturated heterocycles. The van der Waals surface area contributed by atoms with Gasteiger partial charge in [0, 0.05) is 18.6 Å². The molecule has 8 heteroatoms. The number of ketones is 1. The minimum Gasteiger partial charge on any atom is -0.493 e. The van der Waals surface area contributed by atoms with Crippen molar-refractivity contribution >= 4 is 17.4 Å². The Hall–Kier alpha value is -3.68. The molecule has 8 nitrogen and oxygen atoms in total. The minimum atomic E-state index is -0.556. The first-order valence-corrected chi connectivity index (χ1v) is 10.4. The zero-order valence-electron chi connectivity index (χ0n) is 17.8. The van der Waals surface area contributed by atoms with Crippen molar-refractivity contribution in [2.75, 3.05) is 0 Å². The summed E-state index contributed by atoms with van der Waals surface area (Å²) in [4.78, 5) is 35.6. The SMILES string of the molecule is Cc1cc(C)cc(OC2=COC3CC(OC(=O)c4ccc([N+](=O)[O-])cc4)CCC3C2=O)c1.